The Morgan fingerprint density at radius 2 is 2.00 bits per heavy atom. The standard InChI is InChI=1S/C23H34N4O/c1-18-5-6-19(2)21(13-18)22-20(14-24-25-22)15-27-10-8-23(17-27)7-4-9-26(16-23)11-12-28-3/h5-6,13-14H,4,7-12,15-17H2,1-3H3,(H,24,25). The molecular weight excluding hydrogens is 348 g/mol. The lowest BCUT2D eigenvalue weighted by molar-refractivity contribution is 0.0674. The molecule has 0 amide bonds. The van der Waals surface area contributed by atoms with Crippen LogP contribution < -0.4 is 0 Å². The van der Waals surface area contributed by atoms with Gasteiger partial charge >= 0.3 is 0 Å². The number of benzene rings is 1. The molecule has 1 spiro atoms. The first-order valence-electron chi connectivity index (χ1n) is 10.6. The minimum Gasteiger partial charge on any atom is -0.383 e. The summed E-state index contributed by atoms with van der Waals surface area (Å²) in [5, 5.41) is 7.65. The van der Waals surface area contributed by atoms with Gasteiger partial charge in [-0.15, -0.1) is 0 Å². The number of likely N-dealkylation sites (tertiary alicyclic amines) is 2. The van der Waals surface area contributed by atoms with Crippen LogP contribution in [0.3, 0.4) is 0 Å². The fraction of sp³-hybridized carbons (Fsp3) is 0.609. The van der Waals surface area contributed by atoms with Crippen LogP contribution in [0, 0.1) is 19.3 Å². The van der Waals surface area contributed by atoms with Crippen molar-refractivity contribution in [1.29, 1.82) is 0 Å². The molecule has 1 N–H and O–H groups in total. The molecule has 0 radical (unpaired) electrons. The Hall–Kier alpha value is -1.69. The van der Waals surface area contributed by atoms with Gasteiger partial charge in [-0.1, -0.05) is 17.7 Å². The molecule has 28 heavy (non-hydrogen) atoms. The second kappa shape index (κ2) is 8.36. The van der Waals surface area contributed by atoms with Gasteiger partial charge in [0.2, 0.25) is 0 Å². The number of nitrogens with zero attached hydrogens (tertiary/aromatic N) is 3. The van der Waals surface area contributed by atoms with Crippen LogP contribution in [0.15, 0.2) is 24.4 Å². The van der Waals surface area contributed by atoms with Gasteiger partial charge in [0, 0.05) is 44.4 Å². The number of piperidine rings is 1. The molecule has 2 aromatic rings. The van der Waals surface area contributed by atoms with E-state index in [1.54, 1.807) is 7.11 Å². The van der Waals surface area contributed by atoms with Crippen molar-refractivity contribution in [2.75, 3.05) is 46.4 Å². The second-order valence-corrected chi connectivity index (χ2v) is 8.92. The van der Waals surface area contributed by atoms with Gasteiger partial charge in [0.15, 0.2) is 0 Å². The predicted octanol–water partition coefficient (Wildman–Crippen LogP) is 3.63. The van der Waals surface area contributed by atoms with Crippen molar-refractivity contribution >= 4 is 0 Å². The quantitative estimate of drug-likeness (QED) is 0.829. The first-order valence-corrected chi connectivity index (χ1v) is 10.6. The maximum Gasteiger partial charge on any atom is 0.0698 e. The number of rotatable bonds is 6. The van der Waals surface area contributed by atoms with Crippen LogP contribution in [-0.2, 0) is 11.3 Å². The van der Waals surface area contributed by atoms with Gasteiger partial charge in [0.1, 0.15) is 0 Å². The van der Waals surface area contributed by atoms with Crippen LogP contribution in [0.2, 0.25) is 0 Å². The summed E-state index contributed by atoms with van der Waals surface area (Å²) < 4.78 is 5.30. The van der Waals surface area contributed by atoms with Crippen LogP contribution in [0.5, 0.6) is 0 Å². The highest BCUT2D eigenvalue weighted by Gasteiger charge is 2.41. The molecule has 5 nitrogen and oxygen atoms in total. The number of hydrogen-bond acceptors (Lipinski definition) is 4. The molecule has 2 saturated heterocycles. The Balaban J connectivity index is 1.44. The fourth-order valence-electron chi connectivity index (χ4n) is 5.13. The first-order chi connectivity index (χ1) is 13.6. The number of nitrogens with one attached hydrogen (secondary N) is 1. The Kier molecular flexibility index (Phi) is 5.85. The summed E-state index contributed by atoms with van der Waals surface area (Å²) in [7, 11) is 1.80. The average molecular weight is 383 g/mol. The molecule has 3 heterocycles. The summed E-state index contributed by atoms with van der Waals surface area (Å²) in [4.78, 5) is 5.25. The largest absolute Gasteiger partial charge is 0.383 e. The van der Waals surface area contributed by atoms with E-state index in [-0.39, 0.29) is 0 Å². The maximum atomic E-state index is 5.30. The topological polar surface area (TPSA) is 44.4 Å². The Morgan fingerprint density at radius 3 is 2.86 bits per heavy atom. The monoisotopic (exact) mass is 382 g/mol. The van der Waals surface area contributed by atoms with E-state index in [9.17, 15) is 0 Å². The smallest absolute Gasteiger partial charge is 0.0698 e. The van der Waals surface area contributed by atoms with E-state index in [2.05, 4.69) is 52.0 Å². The van der Waals surface area contributed by atoms with E-state index < -0.39 is 0 Å². The molecule has 5 heteroatoms. The number of aromatic nitrogens is 2. The van der Waals surface area contributed by atoms with Gasteiger partial charge < -0.3 is 9.64 Å². The van der Waals surface area contributed by atoms with E-state index in [1.807, 2.05) is 6.20 Å². The zero-order chi connectivity index (χ0) is 19.6. The van der Waals surface area contributed by atoms with E-state index in [0.29, 0.717) is 5.41 Å². The zero-order valence-electron chi connectivity index (χ0n) is 17.6. The third-order valence-corrected chi connectivity index (χ3v) is 6.64. The van der Waals surface area contributed by atoms with Crippen LogP contribution in [0.1, 0.15) is 36.0 Å². The van der Waals surface area contributed by atoms with Gasteiger partial charge in [-0.05, 0) is 63.2 Å². The summed E-state index contributed by atoms with van der Waals surface area (Å²) in [5.41, 5.74) is 6.85. The third-order valence-electron chi connectivity index (χ3n) is 6.64. The minimum absolute atomic E-state index is 0.467. The van der Waals surface area contributed by atoms with Crippen LogP contribution in [0.4, 0.5) is 0 Å². The van der Waals surface area contributed by atoms with Crippen molar-refractivity contribution in [3.05, 3.63) is 41.1 Å². The molecule has 1 aromatic heterocycles. The lowest BCUT2D eigenvalue weighted by Gasteiger charge is -2.40. The van der Waals surface area contributed by atoms with Crippen LogP contribution >= 0.6 is 0 Å². The molecule has 1 aromatic carbocycles. The Bertz CT molecular complexity index is 802. The summed E-state index contributed by atoms with van der Waals surface area (Å²) in [5.74, 6) is 0. The minimum atomic E-state index is 0.467. The summed E-state index contributed by atoms with van der Waals surface area (Å²) in [6.45, 7) is 12.1. The normalized spacial score (nSPS) is 23.7. The van der Waals surface area contributed by atoms with Gasteiger partial charge in [0.25, 0.3) is 0 Å². The van der Waals surface area contributed by atoms with Gasteiger partial charge in [-0.25, -0.2) is 0 Å². The third kappa shape index (κ3) is 4.17. The van der Waals surface area contributed by atoms with E-state index >= 15 is 0 Å². The Morgan fingerprint density at radius 1 is 1.14 bits per heavy atom. The highest BCUT2D eigenvalue weighted by atomic mass is 16.5. The lowest BCUT2D eigenvalue weighted by atomic mass is 9.79. The van der Waals surface area contributed by atoms with Gasteiger partial charge in [0.05, 0.1) is 18.5 Å². The molecule has 2 fully saturated rings. The maximum absolute atomic E-state index is 5.30. The number of H-pyrrole nitrogens is 1. The number of aromatic amines is 1. The molecule has 1 unspecified atom stereocenters. The van der Waals surface area contributed by atoms with Gasteiger partial charge in [-0.3, -0.25) is 10.00 Å². The molecule has 1 atom stereocenters. The summed E-state index contributed by atoms with van der Waals surface area (Å²) >= 11 is 0. The van der Waals surface area contributed by atoms with Crippen molar-refractivity contribution < 1.29 is 4.74 Å². The average Bonchev–Trinajstić information content (AvgIpc) is 3.30. The van der Waals surface area contributed by atoms with Crippen LogP contribution in [0.25, 0.3) is 11.3 Å². The van der Waals surface area contributed by atoms with Crippen LogP contribution in [-0.4, -0.2) is 66.4 Å². The number of methoxy groups -OCH3 is 1. The van der Waals surface area contributed by atoms with Crippen molar-refractivity contribution in [2.24, 2.45) is 5.41 Å². The molecule has 0 bridgehead atoms. The SMILES string of the molecule is COCCN1CCCC2(CCN(Cc3cn[nH]c3-c3cc(C)ccc3C)C2)C1. The summed E-state index contributed by atoms with van der Waals surface area (Å²) in [6, 6.07) is 6.65. The molecule has 0 aliphatic carbocycles. The summed E-state index contributed by atoms with van der Waals surface area (Å²) in [6.07, 6.45) is 6.01. The van der Waals surface area contributed by atoms with Crippen molar-refractivity contribution in [2.45, 2.75) is 39.7 Å². The molecule has 152 valence electrons. The van der Waals surface area contributed by atoms with E-state index in [0.717, 1.165) is 19.7 Å². The fourth-order valence-corrected chi connectivity index (χ4v) is 5.13. The number of ether oxygens (including phenoxy) is 1. The molecule has 2 aliphatic rings. The number of hydrogen-bond donors (Lipinski definition) is 1. The van der Waals surface area contributed by atoms with Crippen molar-refractivity contribution in [3.63, 3.8) is 0 Å². The lowest BCUT2D eigenvalue weighted by Crippen LogP contribution is -2.45. The zero-order valence-corrected chi connectivity index (χ0v) is 17.6. The second-order valence-electron chi connectivity index (χ2n) is 8.92. The van der Waals surface area contributed by atoms with Crippen molar-refractivity contribution in [1.82, 2.24) is 20.0 Å². The van der Waals surface area contributed by atoms with Crippen molar-refractivity contribution in [3.8, 4) is 11.3 Å². The molecule has 2 aliphatic heterocycles. The molecular formula is C23H34N4O. The highest BCUT2D eigenvalue weighted by Crippen LogP contribution is 2.40. The van der Waals surface area contributed by atoms with Gasteiger partial charge in [-0.2, -0.15) is 5.10 Å². The van der Waals surface area contributed by atoms with E-state index in [4.69, 9.17) is 4.74 Å². The predicted molar refractivity (Wildman–Crippen MR) is 113 cm³/mol. The molecule has 0 saturated carbocycles. The Labute approximate surface area is 169 Å². The molecule has 4 rings (SSSR count). The van der Waals surface area contributed by atoms with E-state index in [1.165, 1.54) is 73.4 Å². The first kappa shape index (κ1) is 19.6. The number of aryl methyl sites for hydroxylation is 2. The highest BCUT2D eigenvalue weighted by molar-refractivity contribution is 5.67.